The van der Waals surface area contributed by atoms with Crippen molar-refractivity contribution in [1.82, 2.24) is 25.2 Å². The van der Waals surface area contributed by atoms with Gasteiger partial charge in [0.15, 0.2) is 16.1 Å². The van der Waals surface area contributed by atoms with Gasteiger partial charge in [-0.3, -0.25) is 9.59 Å². The number of ether oxygens (including phenoxy) is 1. The Morgan fingerprint density at radius 1 is 1.40 bits per heavy atom. The molecule has 162 valence electrons. The summed E-state index contributed by atoms with van der Waals surface area (Å²) in [5.41, 5.74) is 1.59. The highest BCUT2D eigenvalue weighted by molar-refractivity contribution is 7.17. The van der Waals surface area contributed by atoms with E-state index in [1.165, 1.54) is 11.3 Å². The summed E-state index contributed by atoms with van der Waals surface area (Å²) in [5.74, 6) is -0.0454. The molecule has 1 saturated heterocycles. The van der Waals surface area contributed by atoms with Crippen LogP contribution in [0.4, 0.5) is 5.13 Å². The molecule has 2 N–H and O–H groups in total. The van der Waals surface area contributed by atoms with Crippen molar-refractivity contribution in [3.05, 3.63) is 27.2 Å². The maximum absolute atomic E-state index is 12.7. The maximum atomic E-state index is 12.7. The Bertz CT molecular complexity index is 960. The van der Waals surface area contributed by atoms with E-state index in [0.29, 0.717) is 44.2 Å². The molecule has 0 aromatic carbocycles. The van der Waals surface area contributed by atoms with E-state index >= 15 is 0 Å². The van der Waals surface area contributed by atoms with Gasteiger partial charge in [0.1, 0.15) is 4.88 Å². The van der Waals surface area contributed by atoms with Crippen molar-refractivity contribution >= 4 is 39.9 Å². The number of hydrogen-bond acceptors (Lipinski definition) is 7. The molecule has 2 aliphatic heterocycles. The predicted molar refractivity (Wildman–Crippen MR) is 114 cm³/mol. The fourth-order valence-corrected chi connectivity index (χ4v) is 5.19. The lowest BCUT2D eigenvalue weighted by atomic mass is 10.0. The summed E-state index contributed by atoms with van der Waals surface area (Å²) in [6.45, 7) is 6.27. The zero-order valence-corrected chi connectivity index (χ0v) is 18.8. The molecule has 0 bridgehead atoms. The summed E-state index contributed by atoms with van der Waals surface area (Å²) in [6.07, 6.45) is 1.18. The number of aryl methyl sites for hydroxylation is 1. The average Bonchev–Trinajstić information content (AvgIpc) is 3.38. The topological polar surface area (TPSA) is 103 Å². The number of carbonyl (C=O) groups is 2. The van der Waals surface area contributed by atoms with E-state index in [0.717, 1.165) is 21.4 Å². The van der Waals surface area contributed by atoms with Gasteiger partial charge in [-0.2, -0.15) is 0 Å². The molecule has 4 rings (SSSR count). The number of carbonyl (C=O) groups excluding carboxylic acids is 2. The van der Waals surface area contributed by atoms with Crippen molar-refractivity contribution < 1.29 is 14.3 Å². The molecule has 9 nitrogen and oxygen atoms in total. The van der Waals surface area contributed by atoms with Crippen molar-refractivity contribution in [2.45, 2.75) is 45.4 Å². The van der Waals surface area contributed by atoms with Crippen molar-refractivity contribution in [2.24, 2.45) is 0 Å². The van der Waals surface area contributed by atoms with Gasteiger partial charge in [0.2, 0.25) is 0 Å². The molecular weight excluding hydrogens is 428 g/mol. The number of anilines is 1. The van der Waals surface area contributed by atoms with Crippen LogP contribution in [0.25, 0.3) is 0 Å². The molecule has 0 aliphatic carbocycles. The monoisotopic (exact) mass is 452 g/mol. The van der Waals surface area contributed by atoms with Gasteiger partial charge in [-0.05, 0) is 19.8 Å². The second-order valence-electron chi connectivity index (χ2n) is 7.45. The van der Waals surface area contributed by atoms with Gasteiger partial charge >= 0.3 is 0 Å². The number of halogens is 1. The Morgan fingerprint density at radius 2 is 2.20 bits per heavy atom. The Labute approximate surface area is 183 Å². The van der Waals surface area contributed by atoms with Crippen LogP contribution in [0.3, 0.4) is 0 Å². The van der Waals surface area contributed by atoms with Gasteiger partial charge in [-0.25, -0.2) is 9.97 Å². The van der Waals surface area contributed by atoms with Crippen LogP contribution in [0.5, 0.6) is 0 Å². The van der Waals surface area contributed by atoms with Gasteiger partial charge in [-0.15, -0.1) is 0 Å². The summed E-state index contributed by atoms with van der Waals surface area (Å²) < 4.78 is 5.94. The van der Waals surface area contributed by atoms with Crippen LogP contribution >= 0.6 is 22.9 Å². The number of piperidine rings is 1. The molecule has 0 spiro atoms. The molecular formula is C19H25ClN6O3S. The SMILES string of the molecule is CCO[C@H]1CN(c2nc3c(s2)C(=O)N(C)C3)CC[C@H]1NC(=O)c1nc(Cl)c(CC)[nH]1. The third kappa shape index (κ3) is 3.91. The van der Waals surface area contributed by atoms with Crippen molar-refractivity contribution in [1.29, 1.82) is 0 Å². The van der Waals surface area contributed by atoms with E-state index in [1.807, 2.05) is 13.8 Å². The fourth-order valence-electron chi connectivity index (χ4n) is 3.82. The zero-order valence-electron chi connectivity index (χ0n) is 17.2. The van der Waals surface area contributed by atoms with Gasteiger partial charge < -0.3 is 24.8 Å². The second kappa shape index (κ2) is 8.52. The number of hydrogen-bond donors (Lipinski definition) is 2. The van der Waals surface area contributed by atoms with Crippen LogP contribution in [0.15, 0.2) is 0 Å². The van der Waals surface area contributed by atoms with Crippen LogP contribution < -0.4 is 10.2 Å². The molecule has 1 fully saturated rings. The second-order valence-corrected chi connectivity index (χ2v) is 8.79. The molecule has 2 amide bonds. The Kier molecular flexibility index (Phi) is 5.99. The first-order valence-corrected chi connectivity index (χ1v) is 11.3. The van der Waals surface area contributed by atoms with Crippen LogP contribution in [-0.4, -0.2) is 70.6 Å². The number of H-pyrrole nitrogens is 1. The zero-order chi connectivity index (χ0) is 21.4. The highest BCUT2D eigenvalue weighted by atomic mass is 35.5. The quantitative estimate of drug-likeness (QED) is 0.695. The summed E-state index contributed by atoms with van der Waals surface area (Å²) in [5, 5.41) is 4.20. The lowest BCUT2D eigenvalue weighted by Gasteiger charge is -2.38. The summed E-state index contributed by atoms with van der Waals surface area (Å²) in [4.78, 5) is 41.2. The van der Waals surface area contributed by atoms with Crippen molar-refractivity contribution in [3.8, 4) is 0 Å². The lowest BCUT2D eigenvalue weighted by molar-refractivity contribution is 0.0271. The van der Waals surface area contributed by atoms with Gasteiger partial charge in [0.25, 0.3) is 11.8 Å². The third-order valence-electron chi connectivity index (χ3n) is 5.44. The predicted octanol–water partition coefficient (Wildman–Crippen LogP) is 2.08. The standard InChI is InChI=1S/C19H25ClN6O3S/c1-4-10-15(20)24-16(21-10)17(27)22-11-6-7-26(9-13(11)29-5-2)19-23-12-8-25(3)18(28)14(12)30-19/h11,13H,4-9H2,1-3H3,(H,21,24)(H,22,27)/t11-,13+/m1/s1. The van der Waals surface area contributed by atoms with E-state index < -0.39 is 0 Å². The smallest absolute Gasteiger partial charge is 0.287 e. The number of nitrogens with zero attached hydrogens (tertiary/aromatic N) is 4. The third-order valence-corrected chi connectivity index (χ3v) is 6.90. The fraction of sp³-hybridized carbons (Fsp3) is 0.579. The summed E-state index contributed by atoms with van der Waals surface area (Å²) >= 11 is 7.49. The van der Waals surface area contributed by atoms with Crippen LogP contribution in [0.1, 0.15) is 51.9 Å². The Hall–Kier alpha value is -2.17. The first-order chi connectivity index (χ1) is 14.4. The van der Waals surface area contributed by atoms with Crippen LogP contribution in [0.2, 0.25) is 5.15 Å². The molecule has 0 radical (unpaired) electrons. The van der Waals surface area contributed by atoms with E-state index in [2.05, 4.69) is 25.2 Å². The number of nitrogens with one attached hydrogen (secondary N) is 2. The maximum Gasteiger partial charge on any atom is 0.287 e. The number of amides is 2. The van der Waals surface area contributed by atoms with E-state index in [9.17, 15) is 9.59 Å². The number of imidazole rings is 1. The minimum Gasteiger partial charge on any atom is -0.375 e. The number of thiazole rings is 1. The minimum atomic E-state index is -0.290. The largest absolute Gasteiger partial charge is 0.375 e. The van der Waals surface area contributed by atoms with E-state index in [4.69, 9.17) is 16.3 Å². The van der Waals surface area contributed by atoms with Crippen molar-refractivity contribution in [3.63, 3.8) is 0 Å². The molecule has 30 heavy (non-hydrogen) atoms. The highest BCUT2D eigenvalue weighted by Crippen LogP contribution is 2.33. The summed E-state index contributed by atoms with van der Waals surface area (Å²) in [6, 6.07) is -0.151. The van der Waals surface area contributed by atoms with Gasteiger partial charge in [0.05, 0.1) is 30.1 Å². The van der Waals surface area contributed by atoms with Crippen molar-refractivity contribution in [2.75, 3.05) is 31.6 Å². The number of aromatic nitrogens is 3. The molecule has 2 aliphatic rings. The number of rotatable bonds is 6. The summed E-state index contributed by atoms with van der Waals surface area (Å²) in [7, 11) is 1.78. The lowest BCUT2D eigenvalue weighted by Crippen LogP contribution is -2.55. The molecule has 2 atom stereocenters. The minimum absolute atomic E-state index is 0.0285. The van der Waals surface area contributed by atoms with Crippen LogP contribution in [-0.2, 0) is 17.7 Å². The molecule has 11 heteroatoms. The van der Waals surface area contributed by atoms with Crippen LogP contribution in [0, 0.1) is 0 Å². The van der Waals surface area contributed by atoms with Gasteiger partial charge in [0, 0.05) is 26.7 Å². The molecule has 4 heterocycles. The molecule has 0 unspecified atom stereocenters. The average molecular weight is 453 g/mol. The molecule has 2 aromatic rings. The Morgan fingerprint density at radius 3 is 2.87 bits per heavy atom. The molecule has 0 saturated carbocycles. The Balaban J connectivity index is 1.44. The normalized spacial score (nSPS) is 21.3. The number of fused-ring (bicyclic) bond motifs is 1. The highest BCUT2D eigenvalue weighted by Gasteiger charge is 2.35. The first kappa shape index (κ1) is 21.1. The van der Waals surface area contributed by atoms with Gasteiger partial charge in [-0.1, -0.05) is 29.9 Å². The molecule has 2 aromatic heterocycles. The van der Waals surface area contributed by atoms with E-state index in [1.54, 1.807) is 11.9 Å². The van der Waals surface area contributed by atoms with E-state index in [-0.39, 0.29) is 29.8 Å². The first-order valence-electron chi connectivity index (χ1n) is 10.1. The number of aromatic amines is 1.